The summed E-state index contributed by atoms with van der Waals surface area (Å²) in [5, 5.41) is 3.19. The first-order valence-electron chi connectivity index (χ1n) is 9.78. The van der Waals surface area contributed by atoms with Crippen LogP contribution in [0.1, 0.15) is 18.4 Å². The van der Waals surface area contributed by atoms with Crippen molar-refractivity contribution in [2.45, 2.75) is 31.0 Å². The number of morpholine rings is 1. The van der Waals surface area contributed by atoms with E-state index in [9.17, 15) is 9.59 Å². The van der Waals surface area contributed by atoms with Gasteiger partial charge in [0.15, 0.2) is 0 Å². The van der Waals surface area contributed by atoms with Gasteiger partial charge in [-0.25, -0.2) is 4.79 Å². The number of carbonyl (C=O) groups excluding carboxylic acids is 2. The van der Waals surface area contributed by atoms with Gasteiger partial charge in [-0.1, -0.05) is 30.3 Å². The van der Waals surface area contributed by atoms with Crippen molar-refractivity contribution in [3.05, 3.63) is 35.9 Å². The Morgan fingerprint density at radius 3 is 2.70 bits per heavy atom. The average molecular weight is 373 g/mol. The van der Waals surface area contributed by atoms with Gasteiger partial charge in [0.05, 0.1) is 13.2 Å². The zero-order valence-electron chi connectivity index (χ0n) is 15.6. The van der Waals surface area contributed by atoms with Crippen LogP contribution in [0.25, 0.3) is 0 Å². The second kappa shape index (κ2) is 7.86. The number of nitrogens with zero attached hydrogens (tertiary/aromatic N) is 2. The van der Waals surface area contributed by atoms with E-state index >= 15 is 0 Å². The minimum absolute atomic E-state index is 0.0438. The Hall–Kier alpha value is -2.12. The fraction of sp³-hybridized carbons (Fsp3) is 0.600. The molecule has 0 radical (unpaired) electrons. The molecule has 3 heterocycles. The third kappa shape index (κ3) is 4.09. The number of hydrogen-bond acceptors (Lipinski definition) is 5. The summed E-state index contributed by atoms with van der Waals surface area (Å²) in [5.74, 6) is 0.0438. The Kier molecular flexibility index (Phi) is 5.31. The molecule has 7 heteroatoms. The lowest BCUT2D eigenvalue weighted by Crippen LogP contribution is -2.54. The predicted molar refractivity (Wildman–Crippen MR) is 99.4 cm³/mol. The molecule has 27 heavy (non-hydrogen) atoms. The van der Waals surface area contributed by atoms with Crippen molar-refractivity contribution in [1.82, 2.24) is 15.1 Å². The van der Waals surface area contributed by atoms with E-state index in [2.05, 4.69) is 17.4 Å². The molecule has 0 aliphatic carbocycles. The SMILES string of the molecule is O=C1OC2(CCN(C(=O)[C@@H]3CNCCO3)CC2)CN1CCc1ccccc1. The largest absolute Gasteiger partial charge is 0.441 e. The number of likely N-dealkylation sites (tertiary alicyclic amines) is 1. The van der Waals surface area contributed by atoms with Crippen molar-refractivity contribution in [1.29, 1.82) is 0 Å². The van der Waals surface area contributed by atoms with Crippen molar-refractivity contribution in [3.8, 4) is 0 Å². The molecule has 0 bridgehead atoms. The van der Waals surface area contributed by atoms with Crippen LogP contribution in [0.15, 0.2) is 30.3 Å². The van der Waals surface area contributed by atoms with Gasteiger partial charge in [-0.05, 0) is 12.0 Å². The van der Waals surface area contributed by atoms with Crippen molar-refractivity contribution < 1.29 is 19.1 Å². The van der Waals surface area contributed by atoms with Crippen LogP contribution in [-0.2, 0) is 20.7 Å². The van der Waals surface area contributed by atoms with E-state index in [0.29, 0.717) is 52.2 Å². The van der Waals surface area contributed by atoms with Gasteiger partial charge in [0.2, 0.25) is 0 Å². The number of carbonyl (C=O) groups is 2. The summed E-state index contributed by atoms with van der Waals surface area (Å²) in [4.78, 5) is 28.6. The number of benzene rings is 1. The van der Waals surface area contributed by atoms with E-state index in [4.69, 9.17) is 9.47 Å². The van der Waals surface area contributed by atoms with E-state index in [1.807, 2.05) is 23.1 Å². The van der Waals surface area contributed by atoms with E-state index in [1.165, 1.54) is 5.56 Å². The van der Waals surface area contributed by atoms with Crippen molar-refractivity contribution in [2.75, 3.05) is 45.9 Å². The first kappa shape index (κ1) is 18.3. The summed E-state index contributed by atoms with van der Waals surface area (Å²) in [7, 11) is 0. The Morgan fingerprint density at radius 1 is 1.22 bits per heavy atom. The van der Waals surface area contributed by atoms with E-state index in [-0.39, 0.29) is 18.1 Å². The Balaban J connectivity index is 1.29. The standard InChI is InChI=1S/C20H27N3O4/c24-18(17-14-21-9-13-26-17)22-11-7-20(8-12-22)15-23(19(25)27-20)10-6-16-4-2-1-3-5-16/h1-5,17,21H,6-15H2/t17-/m0/s1. The molecule has 3 fully saturated rings. The molecule has 1 aromatic rings. The molecule has 7 nitrogen and oxygen atoms in total. The highest BCUT2D eigenvalue weighted by molar-refractivity contribution is 5.81. The van der Waals surface area contributed by atoms with E-state index in [0.717, 1.165) is 13.0 Å². The number of amides is 2. The maximum atomic E-state index is 12.6. The number of rotatable bonds is 4. The highest BCUT2D eigenvalue weighted by atomic mass is 16.6. The van der Waals surface area contributed by atoms with Crippen LogP contribution in [-0.4, -0.2) is 79.4 Å². The lowest BCUT2D eigenvalue weighted by Gasteiger charge is -2.39. The van der Waals surface area contributed by atoms with Gasteiger partial charge in [0, 0.05) is 45.6 Å². The van der Waals surface area contributed by atoms with Crippen LogP contribution in [0.3, 0.4) is 0 Å². The second-order valence-electron chi connectivity index (χ2n) is 7.60. The third-order valence-electron chi connectivity index (χ3n) is 5.74. The third-order valence-corrected chi connectivity index (χ3v) is 5.74. The molecule has 1 atom stereocenters. The molecule has 0 saturated carbocycles. The summed E-state index contributed by atoms with van der Waals surface area (Å²) in [5.41, 5.74) is 0.767. The smallest absolute Gasteiger partial charge is 0.410 e. The van der Waals surface area contributed by atoms with Crippen LogP contribution >= 0.6 is 0 Å². The number of piperidine rings is 1. The zero-order valence-corrected chi connectivity index (χ0v) is 15.6. The van der Waals surface area contributed by atoms with Crippen molar-refractivity contribution in [2.24, 2.45) is 0 Å². The molecule has 1 N–H and O–H groups in total. The summed E-state index contributed by atoms with van der Waals surface area (Å²) in [6.45, 7) is 4.43. The summed E-state index contributed by atoms with van der Waals surface area (Å²) in [6.07, 6.45) is 1.58. The maximum Gasteiger partial charge on any atom is 0.410 e. The molecule has 1 spiro atoms. The molecule has 2 amide bonds. The molecule has 4 rings (SSSR count). The fourth-order valence-corrected chi connectivity index (χ4v) is 4.10. The van der Waals surface area contributed by atoms with Gasteiger partial charge in [-0.15, -0.1) is 0 Å². The van der Waals surface area contributed by atoms with E-state index in [1.54, 1.807) is 4.90 Å². The number of hydrogen-bond donors (Lipinski definition) is 1. The maximum absolute atomic E-state index is 12.6. The Morgan fingerprint density at radius 2 is 2.00 bits per heavy atom. The molecule has 146 valence electrons. The minimum Gasteiger partial charge on any atom is -0.441 e. The van der Waals surface area contributed by atoms with Crippen molar-refractivity contribution >= 4 is 12.0 Å². The summed E-state index contributed by atoms with van der Waals surface area (Å²) >= 11 is 0. The van der Waals surface area contributed by atoms with Gasteiger partial charge in [0.25, 0.3) is 5.91 Å². The monoisotopic (exact) mass is 373 g/mol. The number of ether oxygens (including phenoxy) is 2. The van der Waals surface area contributed by atoms with Crippen molar-refractivity contribution in [3.63, 3.8) is 0 Å². The first-order valence-corrected chi connectivity index (χ1v) is 9.78. The highest BCUT2D eigenvalue weighted by Crippen LogP contribution is 2.33. The molecule has 3 saturated heterocycles. The van der Waals surface area contributed by atoms with Gasteiger partial charge in [-0.2, -0.15) is 0 Å². The Bertz CT molecular complexity index is 667. The molecule has 0 unspecified atom stereocenters. The van der Waals surface area contributed by atoms with Crippen LogP contribution in [0.4, 0.5) is 4.79 Å². The zero-order chi connectivity index (χ0) is 18.7. The lowest BCUT2D eigenvalue weighted by molar-refractivity contribution is -0.148. The summed E-state index contributed by atoms with van der Waals surface area (Å²) in [6, 6.07) is 10.2. The van der Waals surface area contributed by atoms with Gasteiger partial charge in [-0.3, -0.25) is 4.79 Å². The molecule has 3 aliphatic rings. The lowest BCUT2D eigenvalue weighted by atomic mass is 9.91. The predicted octanol–water partition coefficient (Wildman–Crippen LogP) is 1.03. The van der Waals surface area contributed by atoms with Gasteiger partial charge in [0.1, 0.15) is 11.7 Å². The van der Waals surface area contributed by atoms with E-state index < -0.39 is 5.60 Å². The molecule has 3 aliphatic heterocycles. The average Bonchev–Trinajstić information content (AvgIpc) is 3.03. The molecular weight excluding hydrogens is 346 g/mol. The molecule has 0 aromatic heterocycles. The minimum atomic E-state index is -0.448. The van der Waals surface area contributed by atoms with Gasteiger partial charge < -0.3 is 24.6 Å². The normalized spacial score (nSPS) is 24.9. The van der Waals surface area contributed by atoms with Gasteiger partial charge >= 0.3 is 6.09 Å². The number of nitrogens with one attached hydrogen (secondary N) is 1. The molecule has 1 aromatic carbocycles. The highest BCUT2D eigenvalue weighted by Gasteiger charge is 2.47. The van der Waals surface area contributed by atoms with Crippen LogP contribution in [0.5, 0.6) is 0 Å². The fourth-order valence-electron chi connectivity index (χ4n) is 4.10. The topological polar surface area (TPSA) is 71.1 Å². The molecular formula is C20H27N3O4. The van der Waals surface area contributed by atoms with Crippen LogP contribution in [0.2, 0.25) is 0 Å². The van der Waals surface area contributed by atoms with Crippen LogP contribution in [0, 0.1) is 0 Å². The summed E-state index contributed by atoms with van der Waals surface area (Å²) < 4.78 is 11.3. The second-order valence-corrected chi connectivity index (χ2v) is 7.60. The Labute approximate surface area is 159 Å². The first-order chi connectivity index (χ1) is 13.2. The quantitative estimate of drug-likeness (QED) is 0.854. The van der Waals surface area contributed by atoms with Crippen LogP contribution < -0.4 is 5.32 Å².